The Morgan fingerprint density at radius 1 is 1.42 bits per heavy atom. The summed E-state index contributed by atoms with van der Waals surface area (Å²) < 4.78 is 13.1. The Labute approximate surface area is 72.6 Å². The average molecular weight is 167 g/mol. The molecule has 0 fully saturated rings. The van der Waals surface area contributed by atoms with Gasteiger partial charge in [-0.1, -0.05) is 17.7 Å². The monoisotopic (exact) mass is 167 g/mol. The molecule has 0 saturated heterocycles. The van der Waals surface area contributed by atoms with Gasteiger partial charge in [-0.3, -0.25) is 0 Å². The van der Waals surface area contributed by atoms with Gasteiger partial charge in [-0.05, 0) is 38.6 Å². The first-order chi connectivity index (χ1) is 5.74. The molecule has 0 amide bonds. The summed E-state index contributed by atoms with van der Waals surface area (Å²) in [6.07, 6.45) is 0.754. The molecule has 1 rings (SSSR count). The molecule has 0 bridgehead atoms. The highest BCUT2D eigenvalue weighted by molar-refractivity contribution is 5.24. The first kappa shape index (κ1) is 9.20. The number of benzene rings is 1. The van der Waals surface area contributed by atoms with Crippen molar-refractivity contribution in [2.75, 3.05) is 13.6 Å². The van der Waals surface area contributed by atoms with E-state index in [2.05, 4.69) is 5.32 Å². The number of nitrogens with one attached hydrogen (secondary N) is 1. The largest absolute Gasteiger partial charge is 0.319 e. The first-order valence-corrected chi connectivity index (χ1v) is 4.13. The van der Waals surface area contributed by atoms with E-state index >= 15 is 0 Å². The van der Waals surface area contributed by atoms with Crippen molar-refractivity contribution in [3.63, 3.8) is 0 Å². The van der Waals surface area contributed by atoms with Crippen molar-refractivity contribution in [2.45, 2.75) is 13.3 Å². The number of aryl methyl sites for hydroxylation is 1. The van der Waals surface area contributed by atoms with Gasteiger partial charge in [0, 0.05) is 0 Å². The molecular weight excluding hydrogens is 153 g/mol. The van der Waals surface area contributed by atoms with Gasteiger partial charge in [0.05, 0.1) is 0 Å². The molecule has 1 aromatic rings. The molecule has 0 aromatic heterocycles. The van der Waals surface area contributed by atoms with E-state index in [0.29, 0.717) is 0 Å². The first-order valence-electron chi connectivity index (χ1n) is 4.13. The van der Waals surface area contributed by atoms with Crippen LogP contribution in [0.2, 0.25) is 0 Å². The predicted molar refractivity (Wildman–Crippen MR) is 48.8 cm³/mol. The summed E-state index contributed by atoms with van der Waals surface area (Å²) in [5.74, 6) is -0.101. The zero-order valence-electron chi connectivity index (χ0n) is 7.52. The third-order valence-electron chi connectivity index (χ3n) is 1.85. The summed E-state index contributed by atoms with van der Waals surface area (Å²) in [4.78, 5) is 0. The van der Waals surface area contributed by atoms with Crippen molar-refractivity contribution in [3.05, 3.63) is 35.1 Å². The van der Waals surface area contributed by atoms with Gasteiger partial charge >= 0.3 is 0 Å². The van der Waals surface area contributed by atoms with Gasteiger partial charge in [-0.25, -0.2) is 4.39 Å². The molecule has 0 aliphatic heterocycles. The number of likely N-dealkylation sites (N-methyl/N-ethyl adjacent to an activating group) is 1. The summed E-state index contributed by atoms with van der Waals surface area (Å²) in [6, 6.07) is 5.21. The highest BCUT2D eigenvalue weighted by atomic mass is 19.1. The van der Waals surface area contributed by atoms with Crippen molar-refractivity contribution in [1.29, 1.82) is 0 Å². The van der Waals surface area contributed by atoms with Crippen molar-refractivity contribution in [3.8, 4) is 0 Å². The Hall–Kier alpha value is -0.890. The van der Waals surface area contributed by atoms with E-state index in [1.165, 1.54) is 6.07 Å². The Morgan fingerprint density at radius 3 is 2.83 bits per heavy atom. The lowest BCUT2D eigenvalue weighted by molar-refractivity contribution is 0.604. The SMILES string of the molecule is CNCCc1cc(C)ccc1F. The van der Waals surface area contributed by atoms with E-state index in [1.54, 1.807) is 6.07 Å². The van der Waals surface area contributed by atoms with E-state index in [9.17, 15) is 4.39 Å². The maximum atomic E-state index is 13.1. The van der Waals surface area contributed by atoms with Gasteiger partial charge in [0.25, 0.3) is 0 Å². The molecule has 12 heavy (non-hydrogen) atoms. The zero-order valence-corrected chi connectivity index (χ0v) is 7.52. The summed E-state index contributed by atoms with van der Waals surface area (Å²) in [5, 5.41) is 3.00. The number of halogens is 1. The van der Waals surface area contributed by atoms with Crippen molar-refractivity contribution < 1.29 is 4.39 Å². The molecule has 66 valence electrons. The third kappa shape index (κ3) is 2.31. The van der Waals surface area contributed by atoms with Gasteiger partial charge in [-0.2, -0.15) is 0 Å². The van der Waals surface area contributed by atoms with Crippen LogP contribution in [0.5, 0.6) is 0 Å². The third-order valence-corrected chi connectivity index (χ3v) is 1.85. The number of hydrogen-bond donors (Lipinski definition) is 1. The van der Waals surface area contributed by atoms with E-state index in [4.69, 9.17) is 0 Å². The van der Waals surface area contributed by atoms with Crippen LogP contribution < -0.4 is 5.32 Å². The second-order valence-corrected chi connectivity index (χ2v) is 2.95. The molecule has 0 aliphatic carbocycles. The van der Waals surface area contributed by atoms with Crippen LogP contribution in [0.3, 0.4) is 0 Å². The van der Waals surface area contributed by atoms with E-state index in [1.807, 2.05) is 20.0 Å². The fraction of sp³-hybridized carbons (Fsp3) is 0.400. The minimum absolute atomic E-state index is 0.101. The maximum absolute atomic E-state index is 13.1. The summed E-state index contributed by atoms with van der Waals surface area (Å²) in [7, 11) is 1.87. The van der Waals surface area contributed by atoms with Gasteiger partial charge in [0.1, 0.15) is 5.82 Å². The van der Waals surface area contributed by atoms with E-state index in [-0.39, 0.29) is 5.82 Å². The van der Waals surface area contributed by atoms with Crippen LogP contribution in [0.4, 0.5) is 4.39 Å². The minimum atomic E-state index is -0.101. The lowest BCUT2D eigenvalue weighted by Crippen LogP contribution is -2.11. The molecular formula is C10H14FN. The summed E-state index contributed by atoms with van der Waals surface area (Å²) in [5.41, 5.74) is 1.91. The smallest absolute Gasteiger partial charge is 0.126 e. The van der Waals surface area contributed by atoms with Crippen LogP contribution in [-0.4, -0.2) is 13.6 Å². The van der Waals surface area contributed by atoms with Gasteiger partial charge in [0.15, 0.2) is 0 Å². The molecule has 0 aliphatic rings. The summed E-state index contributed by atoms with van der Waals surface area (Å²) in [6.45, 7) is 2.79. The van der Waals surface area contributed by atoms with Gasteiger partial charge in [-0.15, -0.1) is 0 Å². The number of rotatable bonds is 3. The van der Waals surface area contributed by atoms with Crippen molar-refractivity contribution >= 4 is 0 Å². The molecule has 0 spiro atoms. The average Bonchev–Trinajstić information content (AvgIpc) is 2.07. The molecule has 0 saturated carbocycles. The van der Waals surface area contributed by atoms with E-state index in [0.717, 1.165) is 24.1 Å². The molecule has 2 heteroatoms. The van der Waals surface area contributed by atoms with Gasteiger partial charge in [0.2, 0.25) is 0 Å². The molecule has 1 N–H and O–H groups in total. The summed E-state index contributed by atoms with van der Waals surface area (Å²) >= 11 is 0. The second-order valence-electron chi connectivity index (χ2n) is 2.95. The Balaban J connectivity index is 2.75. The minimum Gasteiger partial charge on any atom is -0.319 e. The van der Waals surface area contributed by atoms with Crippen LogP contribution in [0.1, 0.15) is 11.1 Å². The second kappa shape index (κ2) is 4.21. The van der Waals surface area contributed by atoms with Crippen molar-refractivity contribution in [2.24, 2.45) is 0 Å². The highest BCUT2D eigenvalue weighted by Gasteiger charge is 2.00. The fourth-order valence-electron chi connectivity index (χ4n) is 1.15. The molecule has 0 unspecified atom stereocenters. The standard InChI is InChI=1S/C10H14FN/c1-8-3-4-10(11)9(7-8)5-6-12-2/h3-4,7,12H,5-6H2,1-2H3. The topological polar surface area (TPSA) is 12.0 Å². The molecule has 1 nitrogen and oxygen atoms in total. The highest BCUT2D eigenvalue weighted by Crippen LogP contribution is 2.09. The lowest BCUT2D eigenvalue weighted by atomic mass is 10.1. The Kier molecular flexibility index (Phi) is 3.23. The van der Waals surface area contributed by atoms with Crippen LogP contribution >= 0.6 is 0 Å². The van der Waals surface area contributed by atoms with Crippen LogP contribution in [0.15, 0.2) is 18.2 Å². The molecule has 0 radical (unpaired) electrons. The quantitative estimate of drug-likeness (QED) is 0.725. The molecule has 0 atom stereocenters. The Bertz CT molecular complexity index is 258. The lowest BCUT2D eigenvalue weighted by Gasteiger charge is -2.03. The van der Waals surface area contributed by atoms with Crippen LogP contribution in [0.25, 0.3) is 0 Å². The predicted octanol–water partition coefficient (Wildman–Crippen LogP) is 1.90. The molecule has 1 aromatic carbocycles. The van der Waals surface area contributed by atoms with Crippen LogP contribution in [-0.2, 0) is 6.42 Å². The Morgan fingerprint density at radius 2 is 2.17 bits per heavy atom. The molecule has 0 heterocycles. The fourth-order valence-corrected chi connectivity index (χ4v) is 1.15. The normalized spacial score (nSPS) is 10.2. The van der Waals surface area contributed by atoms with E-state index < -0.39 is 0 Å². The van der Waals surface area contributed by atoms with Crippen LogP contribution in [0, 0.1) is 12.7 Å². The maximum Gasteiger partial charge on any atom is 0.126 e. The zero-order chi connectivity index (χ0) is 8.97. The van der Waals surface area contributed by atoms with Crippen molar-refractivity contribution in [1.82, 2.24) is 5.32 Å². The number of hydrogen-bond acceptors (Lipinski definition) is 1. The van der Waals surface area contributed by atoms with Gasteiger partial charge < -0.3 is 5.32 Å².